The summed E-state index contributed by atoms with van der Waals surface area (Å²) in [7, 11) is 0. The van der Waals surface area contributed by atoms with E-state index in [0.29, 0.717) is 28.0 Å². The molecule has 0 spiro atoms. The second-order valence-electron chi connectivity index (χ2n) is 5.74. The summed E-state index contributed by atoms with van der Waals surface area (Å²) in [5.74, 6) is 0.112. The van der Waals surface area contributed by atoms with Gasteiger partial charge in [0.2, 0.25) is 5.91 Å². The van der Waals surface area contributed by atoms with E-state index >= 15 is 0 Å². The average molecular weight is 305 g/mol. The Morgan fingerprint density at radius 2 is 1.83 bits per heavy atom. The molecule has 1 heterocycles. The maximum atomic E-state index is 12.4. The Balaban J connectivity index is 1.82. The molecule has 0 radical (unpaired) electrons. The third kappa shape index (κ3) is 2.61. The van der Waals surface area contributed by atoms with Crippen LogP contribution in [0.3, 0.4) is 0 Å². The van der Waals surface area contributed by atoms with Crippen LogP contribution in [0.5, 0.6) is 0 Å². The van der Waals surface area contributed by atoms with Gasteiger partial charge >= 0.3 is 0 Å². The molecule has 1 aromatic heterocycles. The number of nitrogens with zero attached hydrogens (tertiary/aromatic N) is 1. The first-order valence-corrected chi connectivity index (χ1v) is 7.62. The third-order valence-corrected chi connectivity index (χ3v) is 3.99. The van der Waals surface area contributed by atoms with Crippen molar-refractivity contribution in [3.05, 3.63) is 58.9 Å². The van der Waals surface area contributed by atoms with Crippen molar-refractivity contribution in [3.63, 3.8) is 0 Å². The van der Waals surface area contributed by atoms with Crippen molar-refractivity contribution in [1.82, 2.24) is 9.97 Å². The Labute approximate surface area is 132 Å². The number of rotatable bonds is 3. The summed E-state index contributed by atoms with van der Waals surface area (Å²) >= 11 is 0. The first-order chi connectivity index (χ1) is 11.2. The second-order valence-corrected chi connectivity index (χ2v) is 5.74. The Kier molecular flexibility index (Phi) is 3.19. The van der Waals surface area contributed by atoms with Gasteiger partial charge in [0, 0.05) is 11.5 Å². The van der Waals surface area contributed by atoms with E-state index in [-0.39, 0.29) is 17.4 Å². The zero-order valence-corrected chi connectivity index (χ0v) is 12.4. The highest BCUT2D eigenvalue weighted by atomic mass is 16.2. The molecule has 1 fully saturated rings. The van der Waals surface area contributed by atoms with Crippen LogP contribution in [0.1, 0.15) is 12.8 Å². The lowest BCUT2D eigenvalue weighted by Gasteiger charge is -2.10. The van der Waals surface area contributed by atoms with Crippen molar-refractivity contribution in [2.24, 2.45) is 5.92 Å². The van der Waals surface area contributed by atoms with Crippen molar-refractivity contribution in [3.8, 4) is 11.3 Å². The van der Waals surface area contributed by atoms with Crippen LogP contribution in [0.25, 0.3) is 22.3 Å². The molecule has 5 nitrogen and oxygen atoms in total. The van der Waals surface area contributed by atoms with E-state index in [4.69, 9.17) is 0 Å². The minimum absolute atomic E-state index is 0.00895. The smallest absolute Gasteiger partial charge is 0.275 e. The van der Waals surface area contributed by atoms with E-state index in [1.807, 2.05) is 36.4 Å². The van der Waals surface area contributed by atoms with Gasteiger partial charge in [-0.3, -0.25) is 9.59 Å². The molecule has 1 saturated carbocycles. The van der Waals surface area contributed by atoms with Crippen molar-refractivity contribution < 1.29 is 4.79 Å². The molecule has 1 amide bonds. The molecule has 1 aliphatic carbocycles. The number of anilines is 1. The minimum Gasteiger partial charge on any atom is -0.325 e. The number of fused-ring (bicyclic) bond motifs is 1. The number of hydrogen-bond acceptors (Lipinski definition) is 3. The molecular formula is C18H15N3O2. The van der Waals surface area contributed by atoms with Crippen LogP contribution < -0.4 is 10.9 Å². The van der Waals surface area contributed by atoms with Crippen LogP contribution >= 0.6 is 0 Å². The summed E-state index contributed by atoms with van der Waals surface area (Å²) in [5, 5.41) is 2.91. The highest BCUT2D eigenvalue weighted by molar-refractivity contribution is 5.97. The summed E-state index contributed by atoms with van der Waals surface area (Å²) in [4.78, 5) is 31.7. The zero-order valence-electron chi connectivity index (χ0n) is 12.4. The molecule has 0 bridgehead atoms. The Bertz CT molecular complexity index is 958. The molecule has 4 rings (SSSR count). The molecule has 2 N–H and O–H groups in total. The largest absolute Gasteiger partial charge is 0.325 e. The van der Waals surface area contributed by atoms with Gasteiger partial charge in [-0.15, -0.1) is 0 Å². The van der Waals surface area contributed by atoms with E-state index in [9.17, 15) is 9.59 Å². The van der Waals surface area contributed by atoms with Crippen molar-refractivity contribution in [2.75, 3.05) is 5.32 Å². The first kappa shape index (κ1) is 13.7. The van der Waals surface area contributed by atoms with Gasteiger partial charge in [-0.05, 0) is 31.0 Å². The van der Waals surface area contributed by atoms with E-state index in [2.05, 4.69) is 15.3 Å². The topological polar surface area (TPSA) is 74.8 Å². The Morgan fingerprint density at radius 3 is 2.65 bits per heavy atom. The zero-order chi connectivity index (χ0) is 15.8. The summed E-state index contributed by atoms with van der Waals surface area (Å²) in [6, 6.07) is 14.6. The van der Waals surface area contributed by atoms with Crippen LogP contribution in [0.4, 0.5) is 5.69 Å². The molecule has 5 heteroatoms. The van der Waals surface area contributed by atoms with Gasteiger partial charge < -0.3 is 10.3 Å². The monoisotopic (exact) mass is 305 g/mol. The number of nitrogens with one attached hydrogen (secondary N) is 2. The summed E-state index contributed by atoms with van der Waals surface area (Å²) in [5.41, 5.74) is 2.71. The molecular weight excluding hydrogens is 290 g/mol. The Hall–Kier alpha value is -2.95. The quantitative estimate of drug-likeness (QED) is 0.781. The number of amides is 1. The molecule has 1 aliphatic rings. The normalized spacial score (nSPS) is 13.9. The van der Waals surface area contributed by atoms with E-state index < -0.39 is 0 Å². The fraction of sp³-hybridized carbons (Fsp3) is 0.167. The lowest BCUT2D eigenvalue weighted by molar-refractivity contribution is -0.117. The SMILES string of the molecule is O=C(Nc1ccccc1-c1nc2ccccc2[nH]c1=O)C1CC1. The van der Waals surface area contributed by atoms with Crippen LogP contribution in [-0.4, -0.2) is 15.9 Å². The van der Waals surface area contributed by atoms with Crippen molar-refractivity contribution >= 4 is 22.6 Å². The van der Waals surface area contributed by atoms with Gasteiger partial charge in [-0.1, -0.05) is 30.3 Å². The number of benzene rings is 2. The number of hydrogen-bond donors (Lipinski definition) is 2. The standard InChI is InChI=1S/C18H15N3O2/c22-17(11-9-10-11)20-13-6-2-1-5-12(13)16-18(23)21-15-8-4-3-7-14(15)19-16/h1-8,11H,9-10H2,(H,20,22)(H,21,23). The fourth-order valence-corrected chi connectivity index (χ4v) is 2.59. The van der Waals surface area contributed by atoms with Crippen molar-refractivity contribution in [1.29, 1.82) is 0 Å². The third-order valence-electron chi connectivity index (χ3n) is 3.99. The molecule has 114 valence electrons. The Morgan fingerprint density at radius 1 is 1.09 bits per heavy atom. The molecule has 0 atom stereocenters. The molecule has 0 aliphatic heterocycles. The van der Waals surface area contributed by atoms with Gasteiger partial charge in [0.05, 0.1) is 16.7 Å². The number of carbonyl (C=O) groups excluding carboxylic acids is 1. The van der Waals surface area contributed by atoms with Crippen molar-refractivity contribution in [2.45, 2.75) is 12.8 Å². The number of para-hydroxylation sites is 3. The molecule has 3 aromatic rings. The summed E-state index contributed by atoms with van der Waals surface area (Å²) < 4.78 is 0. The molecule has 2 aromatic carbocycles. The van der Waals surface area contributed by atoms with Crippen LogP contribution in [0, 0.1) is 5.92 Å². The predicted molar refractivity (Wildman–Crippen MR) is 89.2 cm³/mol. The minimum atomic E-state index is -0.267. The molecule has 0 saturated heterocycles. The summed E-state index contributed by atoms with van der Waals surface area (Å²) in [6.07, 6.45) is 1.87. The van der Waals surface area contributed by atoms with E-state index in [1.54, 1.807) is 12.1 Å². The van der Waals surface area contributed by atoms with Gasteiger partial charge in [-0.25, -0.2) is 4.98 Å². The van der Waals surface area contributed by atoms with E-state index in [0.717, 1.165) is 12.8 Å². The van der Waals surface area contributed by atoms with Gasteiger partial charge in [0.1, 0.15) is 5.69 Å². The lowest BCUT2D eigenvalue weighted by Crippen LogP contribution is -2.16. The number of carbonyl (C=O) groups is 1. The summed E-state index contributed by atoms with van der Waals surface area (Å²) in [6.45, 7) is 0. The maximum absolute atomic E-state index is 12.4. The molecule has 0 unspecified atom stereocenters. The fourth-order valence-electron chi connectivity index (χ4n) is 2.59. The van der Waals surface area contributed by atoms with Gasteiger partial charge in [0.25, 0.3) is 5.56 Å². The predicted octanol–water partition coefficient (Wildman–Crippen LogP) is 2.94. The van der Waals surface area contributed by atoms with Crippen LogP contribution in [-0.2, 0) is 4.79 Å². The first-order valence-electron chi connectivity index (χ1n) is 7.62. The van der Waals surface area contributed by atoms with Gasteiger partial charge in [-0.2, -0.15) is 0 Å². The number of aromatic amines is 1. The number of H-pyrrole nitrogens is 1. The van der Waals surface area contributed by atoms with Crippen LogP contribution in [0.2, 0.25) is 0 Å². The highest BCUT2D eigenvalue weighted by Gasteiger charge is 2.30. The average Bonchev–Trinajstić information content (AvgIpc) is 3.40. The highest BCUT2D eigenvalue weighted by Crippen LogP contribution is 2.32. The number of aromatic nitrogens is 2. The maximum Gasteiger partial charge on any atom is 0.275 e. The van der Waals surface area contributed by atoms with E-state index in [1.165, 1.54) is 0 Å². The lowest BCUT2D eigenvalue weighted by atomic mass is 10.1. The van der Waals surface area contributed by atoms with Gasteiger partial charge in [0.15, 0.2) is 0 Å². The second kappa shape index (κ2) is 5.35. The molecule has 23 heavy (non-hydrogen) atoms. The van der Waals surface area contributed by atoms with Crippen LogP contribution in [0.15, 0.2) is 53.3 Å².